The molecule has 0 aromatic heterocycles. The lowest BCUT2D eigenvalue weighted by Gasteiger charge is -2.20. The number of ether oxygens (including phenoxy) is 2. The van der Waals surface area contributed by atoms with E-state index in [0.717, 1.165) is 38.5 Å². The van der Waals surface area contributed by atoms with Crippen molar-refractivity contribution in [3.8, 4) is 0 Å². The summed E-state index contributed by atoms with van der Waals surface area (Å²) in [6, 6.07) is 0. The number of carbonyl (C=O) groups excluding carboxylic acids is 1. The summed E-state index contributed by atoms with van der Waals surface area (Å²) >= 11 is 0. The van der Waals surface area contributed by atoms with Crippen molar-refractivity contribution in [2.75, 3.05) is 33.0 Å². The molecule has 0 saturated carbocycles. The Morgan fingerprint density at radius 3 is 1.24 bits per heavy atom. The molecule has 0 rings (SSSR count). The molecule has 0 saturated heterocycles. The molecule has 0 aliphatic heterocycles. The Morgan fingerprint density at radius 2 is 0.841 bits per heavy atom. The molecule has 2 atom stereocenters. The molecular formula is C54H106NO7P. The first-order chi connectivity index (χ1) is 30.9. The maximum Gasteiger partial charge on any atom is 0.472 e. The minimum atomic E-state index is -4.28. The minimum Gasteiger partial charge on any atom is -0.457 e. The van der Waals surface area contributed by atoms with Crippen LogP contribution < -0.4 is 5.73 Å². The molecule has 374 valence electrons. The summed E-state index contributed by atoms with van der Waals surface area (Å²) in [5.74, 6) is -0.326. The van der Waals surface area contributed by atoms with Crippen LogP contribution in [0, 0.1) is 0 Å². The summed E-state index contributed by atoms with van der Waals surface area (Å²) in [6.07, 6.45) is 60.8. The maximum absolute atomic E-state index is 12.7. The van der Waals surface area contributed by atoms with Crippen molar-refractivity contribution >= 4 is 13.8 Å². The second-order valence-corrected chi connectivity index (χ2v) is 19.9. The predicted molar refractivity (Wildman–Crippen MR) is 270 cm³/mol. The Balaban J connectivity index is 3.88. The Labute approximate surface area is 391 Å². The van der Waals surface area contributed by atoms with Gasteiger partial charge in [-0.05, 0) is 44.9 Å². The molecule has 0 amide bonds. The highest BCUT2D eigenvalue weighted by Crippen LogP contribution is 2.43. The van der Waals surface area contributed by atoms with E-state index >= 15 is 0 Å². The van der Waals surface area contributed by atoms with Crippen molar-refractivity contribution in [3.63, 3.8) is 0 Å². The van der Waals surface area contributed by atoms with Crippen LogP contribution in [0.4, 0.5) is 0 Å². The number of nitrogens with two attached hydrogens (primary N) is 1. The second-order valence-electron chi connectivity index (χ2n) is 18.5. The molecule has 0 spiro atoms. The lowest BCUT2D eigenvalue weighted by atomic mass is 10.0. The molecule has 63 heavy (non-hydrogen) atoms. The number of hydrogen-bond donors (Lipinski definition) is 2. The van der Waals surface area contributed by atoms with Gasteiger partial charge in [0.15, 0.2) is 0 Å². The molecule has 0 bridgehead atoms. The Morgan fingerprint density at radius 1 is 0.476 bits per heavy atom. The molecule has 0 aliphatic carbocycles. The summed E-state index contributed by atoms with van der Waals surface area (Å²) < 4.78 is 33.7. The Hall–Kier alpha value is -1.02. The van der Waals surface area contributed by atoms with E-state index in [-0.39, 0.29) is 32.3 Å². The van der Waals surface area contributed by atoms with Crippen LogP contribution in [0.2, 0.25) is 0 Å². The van der Waals surface area contributed by atoms with Gasteiger partial charge in [-0.2, -0.15) is 0 Å². The average Bonchev–Trinajstić information content (AvgIpc) is 3.28. The molecule has 0 aromatic carbocycles. The lowest BCUT2D eigenvalue weighted by Crippen LogP contribution is -2.28. The van der Waals surface area contributed by atoms with E-state index in [1.54, 1.807) is 0 Å². The van der Waals surface area contributed by atoms with Crippen LogP contribution in [-0.2, 0) is 27.9 Å². The lowest BCUT2D eigenvalue weighted by molar-refractivity contribution is -0.154. The van der Waals surface area contributed by atoms with E-state index in [1.807, 2.05) is 0 Å². The molecule has 0 heterocycles. The van der Waals surface area contributed by atoms with Crippen LogP contribution in [0.5, 0.6) is 0 Å². The molecule has 2 unspecified atom stereocenters. The van der Waals surface area contributed by atoms with E-state index in [1.165, 1.54) is 218 Å². The Bertz CT molecular complexity index is 1020. The van der Waals surface area contributed by atoms with Gasteiger partial charge in [-0.1, -0.05) is 250 Å². The normalized spacial score (nSPS) is 13.4. The third-order valence-corrected chi connectivity index (χ3v) is 13.1. The third kappa shape index (κ3) is 51.8. The van der Waals surface area contributed by atoms with Crippen molar-refractivity contribution in [3.05, 3.63) is 24.3 Å². The van der Waals surface area contributed by atoms with Gasteiger partial charge in [-0.3, -0.25) is 13.8 Å². The zero-order valence-electron chi connectivity index (χ0n) is 41.8. The fourth-order valence-corrected chi connectivity index (χ4v) is 8.85. The van der Waals surface area contributed by atoms with Crippen LogP contribution in [0.3, 0.4) is 0 Å². The van der Waals surface area contributed by atoms with Crippen molar-refractivity contribution in [1.82, 2.24) is 0 Å². The van der Waals surface area contributed by atoms with Crippen molar-refractivity contribution in [1.29, 1.82) is 0 Å². The summed E-state index contributed by atoms with van der Waals surface area (Å²) in [7, 11) is -4.28. The fraction of sp³-hybridized carbons (Fsp3) is 0.907. The zero-order chi connectivity index (χ0) is 45.8. The number of rotatable bonds is 53. The summed E-state index contributed by atoms with van der Waals surface area (Å²) in [4.78, 5) is 22.6. The number of hydrogen-bond acceptors (Lipinski definition) is 7. The monoisotopic (exact) mass is 912 g/mol. The second kappa shape index (κ2) is 52.0. The van der Waals surface area contributed by atoms with E-state index in [0.29, 0.717) is 13.0 Å². The van der Waals surface area contributed by atoms with Crippen LogP contribution >= 0.6 is 7.82 Å². The van der Waals surface area contributed by atoms with Crippen LogP contribution in [0.15, 0.2) is 24.3 Å². The number of phosphoric ester groups is 1. The van der Waals surface area contributed by atoms with E-state index in [4.69, 9.17) is 24.3 Å². The number of unbranched alkanes of at least 4 members (excludes halogenated alkanes) is 36. The van der Waals surface area contributed by atoms with Gasteiger partial charge < -0.3 is 20.1 Å². The topological polar surface area (TPSA) is 117 Å². The quantitative estimate of drug-likeness (QED) is 0.0268. The van der Waals surface area contributed by atoms with Gasteiger partial charge in [0.2, 0.25) is 0 Å². The number of phosphoric acid groups is 1. The average molecular weight is 912 g/mol. The molecule has 0 fully saturated rings. The molecule has 0 radical (unpaired) electrons. The maximum atomic E-state index is 12.7. The number of carbonyl (C=O) groups is 1. The third-order valence-electron chi connectivity index (χ3n) is 12.1. The smallest absolute Gasteiger partial charge is 0.457 e. The van der Waals surface area contributed by atoms with Gasteiger partial charge in [0.1, 0.15) is 6.10 Å². The predicted octanol–water partition coefficient (Wildman–Crippen LogP) is 17.2. The SMILES string of the molecule is CCCCCCC/C=C\C/C=C\CCCCCCCCCCCCCC(=O)OC(COCCCCCCCCCCCCCCCCCCCCCCC)COP(=O)(O)OCCN. The first-order valence-corrected chi connectivity index (χ1v) is 28.8. The summed E-state index contributed by atoms with van der Waals surface area (Å²) in [5, 5.41) is 0. The minimum absolute atomic E-state index is 0.0931. The van der Waals surface area contributed by atoms with Crippen molar-refractivity contribution < 1.29 is 32.8 Å². The highest BCUT2D eigenvalue weighted by atomic mass is 31.2. The van der Waals surface area contributed by atoms with Crippen LogP contribution in [0.1, 0.15) is 277 Å². The highest BCUT2D eigenvalue weighted by molar-refractivity contribution is 7.47. The first kappa shape index (κ1) is 62.0. The molecule has 3 N–H and O–H groups in total. The van der Waals surface area contributed by atoms with Gasteiger partial charge in [0, 0.05) is 19.6 Å². The van der Waals surface area contributed by atoms with Gasteiger partial charge in [0.25, 0.3) is 0 Å². The van der Waals surface area contributed by atoms with Crippen molar-refractivity contribution in [2.45, 2.75) is 283 Å². The van der Waals surface area contributed by atoms with Gasteiger partial charge in [0.05, 0.1) is 19.8 Å². The highest BCUT2D eigenvalue weighted by Gasteiger charge is 2.25. The molecule has 8 nitrogen and oxygen atoms in total. The van der Waals surface area contributed by atoms with E-state index < -0.39 is 13.9 Å². The zero-order valence-corrected chi connectivity index (χ0v) is 42.7. The fourth-order valence-electron chi connectivity index (χ4n) is 8.09. The summed E-state index contributed by atoms with van der Waals surface area (Å²) in [5.41, 5.74) is 5.40. The Kier molecular flexibility index (Phi) is 51.1. The molecule has 0 aromatic rings. The van der Waals surface area contributed by atoms with Crippen LogP contribution in [0.25, 0.3) is 0 Å². The molecule has 9 heteroatoms. The van der Waals surface area contributed by atoms with Crippen molar-refractivity contribution in [2.24, 2.45) is 5.73 Å². The van der Waals surface area contributed by atoms with Gasteiger partial charge >= 0.3 is 13.8 Å². The van der Waals surface area contributed by atoms with Gasteiger partial charge in [-0.25, -0.2) is 4.57 Å². The molecule has 0 aliphatic rings. The standard InChI is InChI=1S/C54H106NO7P/c1-3-5-7-9-11-13-15-17-19-21-23-25-26-27-29-31-33-35-37-39-41-43-45-47-54(56)62-53(52-61-63(57,58)60-50-48-55)51-59-49-46-44-42-40-38-36-34-32-30-28-24-22-20-18-16-14-12-10-8-6-4-2/h15,17,21,23,53H,3-14,16,18-20,22,24-52,55H2,1-2H3,(H,57,58)/b17-15-,23-21-. The molecular weight excluding hydrogens is 806 g/mol. The van der Waals surface area contributed by atoms with Gasteiger partial charge in [-0.15, -0.1) is 0 Å². The van der Waals surface area contributed by atoms with E-state index in [9.17, 15) is 14.3 Å². The van der Waals surface area contributed by atoms with E-state index in [2.05, 4.69) is 38.2 Å². The number of allylic oxidation sites excluding steroid dienone is 4. The van der Waals surface area contributed by atoms with Crippen LogP contribution in [-0.4, -0.2) is 49.9 Å². The first-order valence-electron chi connectivity index (χ1n) is 27.3. The number of esters is 1. The largest absolute Gasteiger partial charge is 0.472 e. The summed E-state index contributed by atoms with van der Waals surface area (Å²) in [6.45, 7) is 4.98.